The second kappa shape index (κ2) is 7.68. The van der Waals surface area contributed by atoms with Crippen LogP contribution < -0.4 is 0 Å². The van der Waals surface area contributed by atoms with Crippen molar-refractivity contribution in [2.75, 3.05) is 33.3 Å². The van der Waals surface area contributed by atoms with E-state index in [-0.39, 0.29) is 0 Å². The lowest BCUT2D eigenvalue weighted by Gasteiger charge is -2.36. The summed E-state index contributed by atoms with van der Waals surface area (Å²) in [6.07, 6.45) is 7.07. The van der Waals surface area contributed by atoms with Crippen LogP contribution in [0.15, 0.2) is 47.3 Å². The summed E-state index contributed by atoms with van der Waals surface area (Å²) in [4.78, 5) is 9.00. The largest absolute Gasteiger partial charge is 0.468 e. The van der Waals surface area contributed by atoms with Gasteiger partial charge in [-0.2, -0.15) is 0 Å². The van der Waals surface area contributed by atoms with Gasteiger partial charge in [-0.3, -0.25) is 14.8 Å². The number of piperidine rings is 1. The average molecular weight is 341 g/mol. The highest BCUT2D eigenvalue weighted by Gasteiger charge is 2.41. The van der Waals surface area contributed by atoms with E-state index >= 15 is 0 Å². The smallest absolute Gasteiger partial charge is 0.117 e. The number of likely N-dealkylation sites (tertiary alicyclic amines) is 1. The molecule has 3 atom stereocenters. The molecule has 4 heterocycles. The van der Waals surface area contributed by atoms with E-state index in [1.165, 1.54) is 18.5 Å². The molecule has 0 aliphatic carbocycles. The molecule has 2 aliphatic heterocycles. The summed E-state index contributed by atoms with van der Waals surface area (Å²) in [5, 5.41) is 0. The molecule has 2 aromatic rings. The fourth-order valence-electron chi connectivity index (χ4n) is 4.22. The van der Waals surface area contributed by atoms with E-state index in [4.69, 9.17) is 9.15 Å². The zero-order valence-electron chi connectivity index (χ0n) is 14.9. The number of rotatable bonds is 6. The summed E-state index contributed by atoms with van der Waals surface area (Å²) in [5.74, 6) is 2.37. The second-order valence-electron chi connectivity index (χ2n) is 7.45. The maximum absolute atomic E-state index is 6.18. The minimum Gasteiger partial charge on any atom is -0.468 e. The van der Waals surface area contributed by atoms with Gasteiger partial charge < -0.3 is 9.15 Å². The third-order valence-electron chi connectivity index (χ3n) is 5.55. The Labute approximate surface area is 149 Å². The highest BCUT2D eigenvalue weighted by Crippen LogP contribution is 2.35. The summed E-state index contributed by atoms with van der Waals surface area (Å²) >= 11 is 0. The van der Waals surface area contributed by atoms with E-state index in [1.807, 2.05) is 24.5 Å². The number of likely N-dealkylation sites (N-methyl/N-ethyl adjacent to an activating group) is 1. The molecule has 2 fully saturated rings. The number of fused-ring (bicyclic) bond motifs is 1. The fraction of sp³-hybridized carbons (Fsp3) is 0.550. The molecule has 5 heteroatoms. The summed E-state index contributed by atoms with van der Waals surface area (Å²) in [7, 11) is 2.15. The highest BCUT2D eigenvalue weighted by atomic mass is 16.5. The molecule has 0 N–H and O–H groups in total. The third kappa shape index (κ3) is 4.11. The lowest BCUT2D eigenvalue weighted by Crippen LogP contribution is -2.44. The van der Waals surface area contributed by atoms with E-state index in [0.717, 1.165) is 44.5 Å². The van der Waals surface area contributed by atoms with Gasteiger partial charge >= 0.3 is 0 Å². The first-order valence-corrected chi connectivity index (χ1v) is 9.22. The number of nitrogens with zero attached hydrogens (tertiary/aromatic N) is 3. The number of furan rings is 1. The van der Waals surface area contributed by atoms with Gasteiger partial charge in [0.25, 0.3) is 0 Å². The van der Waals surface area contributed by atoms with Crippen LogP contribution in [0.25, 0.3) is 0 Å². The molecule has 0 saturated carbocycles. The van der Waals surface area contributed by atoms with Crippen LogP contribution in [-0.4, -0.2) is 54.2 Å². The highest BCUT2D eigenvalue weighted by molar-refractivity contribution is 5.10. The minimum atomic E-state index is 0.324. The Balaban J connectivity index is 1.33. The van der Waals surface area contributed by atoms with E-state index in [1.54, 1.807) is 6.26 Å². The van der Waals surface area contributed by atoms with Gasteiger partial charge in [-0.25, -0.2) is 0 Å². The second-order valence-corrected chi connectivity index (χ2v) is 7.45. The molecule has 0 radical (unpaired) electrons. The maximum Gasteiger partial charge on any atom is 0.117 e. The molecule has 4 rings (SSSR count). The predicted molar refractivity (Wildman–Crippen MR) is 95.9 cm³/mol. The van der Waals surface area contributed by atoms with Crippen LogP contribution in [0.2, 0.25) is 0 Å². The van der Waals surface area contributed by atoms with Gasteiger partial charge in [0.05, 0.1) is 25.5 Å². The summed E-state index contributed by atoms with van der Waals surface area (Å²) in [6, 6.07) is 8.22. The van der Waals surface area contributed by atoms with Crippen molar-refractivity contribution in [3.8, 4) is 0 Å². The Hall–Kier alpha value is -1.69. The number of ether oxygens (including phenoxy) is 1. The number of hydrogen-bond acceptors (Lipinski definition) is 5. The van der Waals surface area contributed by atoms with Gasteiger partial charge in [-0.1, -0.05) is 0 Å². The molecule has 0 aromatic carbocycles. The Bertz CT molecular complexity index is 646. The quantitative estimate of drug-likeness (QED) is 0.808. The van der Waals surface area contributed by atoms with Crippen molar-refractivity contribution in [2.24, 2.45) is 11.8 Å². The molecule has 0 bridgehead atoms. The SMILES string of the molecule is CN(Cc1ccco1)C[C@@H]1OC[C@H]2CCN(Cc3ccncc3)C[C@H]21. The third-order valence-corrected chi connectivity index (χ3v) is 5.55. The van der Waals surface area contributed by atoms with Gasteiger partial charge in [0, 0.05) is 37.9 Å². The number of hydrogen-bond donors (Lipinski definition) is 0. The molecule has 2 saturated heterocycles. The minimum absolute atomic E-state index is 0.324. The predicted octanol–water partition coefficient (Wildman–Crippen LogP) is 2.64. The molecule has 5 nitrogen and oxygen atoms in total. The first kappa shape index (κ1) is 16.8. The van der Waals surface area contributed by atoms with E-state index in [0.29, 0.717) is 12.0 Å². The van der Waals surface area contributed by atoms with Crippen LogP contribution in [0.3, 0.4) is 0 Å². The molecular formula is C20H27N3O2. The zero-order chi connectivity index (χ0) is 17.1. The first-order valence-electron chi connectivity index (χ1n) is 9.22. The average Bonchev–Trinajstić information content (AvgIpc) is 3.26. The van der Waals surface area contributed by atoms with Gasteiger partial charge in [0.2, 0.25) is 0 Å². The van der Waals surface area contributed by atoms with Crippen molar-refractivity contribution in [1.82, 2.24) is 14.8 Å². The Morgan fingerprint density at radius 2 is 2.16 bits per heavy atom. The molecule has 0 spiro atoms. The van der Waals surface area contributed by atoms with Gasteiger partial charge in [0.1, 0.15) is 5.76 Å². The molecule has 2 aromatic heterocycles. The normalized spacial score (nSPS) is 26.9. The molecular weight excluding hydrogens is 314 g/mol. The standard InChI is InChI=1S/C20H27N3O2/c1-22(12-18-3-2-10-24-18)14-20-19-13-23(9-6-17(19)15-25-20)11-16-4-7-21-8-5-16/h2-5,7-8,10,17,19-20H,6,9,11-15H2,1H3/t17-,19-,20+/m1/s1. The molecule has 25 heavy (non-hydrogen) atoms. The lowest BCUT2D eigenvalue weighted by molar-refractivity contribution is 0.0459. The Kier molecular flexibility index (Phi) is 5.15. The number of aromatic nitrogens is 1. The van der Waals surface area contributed by atoms with Crippen molar-refractivity contribution < 1.29 is 9.15 Å². The molecule has 134 valence electrons. The van der Waals surface area contributed by atoms with E-state index in [9.17, 15) is 0 Å². The van der Waals surface area contributed by atoms with Crippen LogP contribution in [0.4, 0.5) is 0 Å². The van der Waals surface area contributed by atoms with Gasteiger partial charge in [-0.15, -0.1) is 0 Å². The van der Waals surface area contributed by atoms with Gasteiger partial charge in [0.15, 0.2) is 0 Å². The topological polar surface area (TPSA) is 41.7 Å². The van der Waals surface area contributed by atoms with Crippen molar-refractivity contribution >= 4 is 0 Å². The molecule has 0 unspecified atom stereocenters. The van der Waals surface area contributed by atoms with Crippen LogP contribution in [0.5, 0.6) is 0 Å². The van der Waals surface area contributed by atoms with Crippen LogP contribution in [0.1, 0.15) is 17.7 Å². The van der Waals surface area contributed by atoms with Crippen LogP contribution in [-0.2, 0) is 17.8 Å². The molecule has 2 aliphatic rings. The summed E-state index contributed by atoms with van der Waals surface area (Å²) in [6.45, 7) is 6.04. The lowest BCUT2D eigenvalue weighted by atomic mass is 9.84. The molecule has 0 amide bonds. The zero-order valence-corrected chi connectivity index (χ0v) is 14.9. The van der Waals surface area contributed by atoms with E-state index < -0.39 is 0 Å². The van der Waals surface area contributed by atoms with Crippen molar-refractivity contribution in [1.29, 1.82) is 0 Å². The summed E-state index contributed by atoms with van der Waals surface area (Å²) < 4.78 is 11.6. The van der Waals surface area contributed by atoms with Gasteiger partial charge in [-0.05, 0) is 55.8 Å². The van der Waals surface area contributed by atoms with Crippen molar-refractivity contribution in [3.63, 3.8) is 0 Å². The Morgan fingerprint density at radius 3 is 2.96 bits per heavy atom. The van der Waals surface area contributed by atoms with Crippen LogP contribution >= 0.6 is 0 Å². The summed E-state index contributed by atoms with van der Waals surface area (Å²) in [5.41, 5.74) is 1.35. The van der Waals surface area contributed by atoms with Crippen molar-refractivity contribution in [2.45, 2.75) is 25.6 Å². The maximum atomic E-state index is 6.18. The fourth-order valence-corrected chi connectivity index (χ4v) is 4.22. The first-order chi connectivity index (χ1) is 12.3. The number of pyridine rings is 1. The van der Waals surface area contributed by atoms with Crippen LogP contribution in [0, 0.1) is 11.8 Å². The monoisotopic (exact) mass is 341 g/mol. The van der Waals surface area contributed by atoms with E-state index in [2.05, 4.69) is 34.0 Å². The Morgan fingerprint density at radius 1 is 1.28 bits per heavy atom. The van der Waals surface area contributed by atoms with Crippen molar-refractivity contribution in [3.05, 3.63) is 54.2 Å².